The predicted octanol–water partition coefficient (Wildman–Crippen LogP) is 3.27. The van der Waals surface area contributed by atoms with Crippen LogP contribution in [0.3, 0.4) is 0 Å². The van der Waals surface area contributed by atoms with Gasteiger partial charge in [-0.25, -0.2) is 9.97 Å². The van der Waals surface area contributed by atoms with Crippen LogP contribution in [0.2, 0.25) is 15.3 Å². The second-order valence-electron chi connectivity index (χ2n) is 3.46. The highest BCUT2D eigenvalue weighted by Gasteiger charge is 2.27. The van der Waals surface area contributed by atoms with E-state index in [1.807, 2.05) is 0 Å². The van der Waals surface area contributed by atoms with E-state index in [2.05, 4.69) is 9.97 Å². The Labute approximate surface area is 102 Å². The van der Waals surface area contributed by atoms with Crippen LogP contribution >= 0.6 is 34.8 Å². The van der Waals surface area contributed by atoms with E-state index in [-0.39, 0.29) is 27.0 Å². The lowest BCUT2D eigenvalue weighted by molar-refractivity contribution is -0.117. The van der Waals surface area contributed by atoms with Crippen LogP contribution in [0.1, 0.15) is 31.0 Å². The predicted molar refractivity (Wildman–Crippen MR) is 58.7 cm³/mol. The van der Waals surface area contributed by atoms with Gasteiger partial charge in [-0.05, 0) is 6.42 Å². The molecule has 0 aromatic carbocycles. The van der Waals surface area contributed by atoms with Gasteiger partial charge in [0, 0.05) is 18.8 Å². The highest BCUT2D eigenvalue weighted by Crippen LogP contribution is 2.34. The lowest BCUT2D eigenvalue weighted by Gasteiger charge is -2.08. The van der Waals surface area contributed by atoms with E-state index in [0.717, 1.165) is 6.42 Å². The maximum Gasteiger partial charge on any atom is 0.152 e. The number of halogens is 3. The van der Waals surface area contributed by atoms with Crippen molar-refractivity contribution in [2.45, 2.75) is 25.2 Å². The monoisotopic (exact) mass is 264 g/mol. The van der Waals surface area contributed by atoms with Crippen molar-refractivity contribution in [1.82, 2.24) is 9.97 Å². The molecule has 1 atom stereocenters. The molecule has 0 bridgehead atoms. The van der Waals surface area contributed by atoms with Crippen LogP contribution in [0.5, 0.6) is 0 Å². The Morgan fingerprint density at radius 2 is 1.73 bits per heavy atom. The Balaban J connectivity index is 2.33. The summed E-state index contributed by atoms with van der Waals surface area (Å²) >= 11 is 17.3. The largest absolute Gasteiger partial charge is 0.300 e. The molecule has 0 saturated heterocycles. The molecule has 0 radical (unpaired) electrons. The van der Waals surface area contributed by atoms with Gasteiger partial charge in [-0.1, -0.05) is 34.8 Å². The Hall–Kier alpha value is -0.380. The van der Waals surface area contributed by atoms with E-state index in [1.54, 1.807) is 0 Å². The third-order valence-electron chi connectivity index (χ3n) is 2.40. The summed E-state index contributed by atoms with van der Waals surface area (Å²) < 4.78 is 0. The lowest BCUT2D eigenvalue weighted by atomic mass is 10.1. The second kappa shape index (κ2) is 4.24. The Bertz CT molecular complexity index is 399. The van der Waals surface area contributed by atoms with Crippen LogP contribution in [-0.4, -0.2) is 15.8 Å². The van der Waals surface area contributed by atoms with E-state index in [9.17, 15) is 4.79 Å². The van der Waals surface area contributed by atoms with E-state index in [0.29, 0.717) is 18.7 Å². The maximum atomic E-state index is 11.1. The minimum Gasteiger partial charge on any atom is -0.300 e. The molecule has 0 aliphatic heterocycles. The van der Waals surface area contributed by atoms with Gasteiger partial charge in [0.15, 0.2) is 10.3 Å². The van der Waals surface area contributed by atoms with Gasteiger partial charge < -0.3 is 0 Å². The summed E-state index contributed by atoms with van der Waals surface area (Å²) in [5.41, 5.74) is 0. The number of nitrogens with zero attached hydrogens (tertiary/aromatic N) is 2. The van der Waals surface area contributed by atoms with Gasteiger partial charge in [-0.15, -0.1) is 0 Å². The van der Waals surface area contributed by atoms with Crippen molar-refractivity contribution < 1.29 is 4.79 Å². The molecule has 80 valence electrons. The van der Waals surface area contributed by atoms with Crippen molar-refractivity contribution in [2.75, 3.05) is 0 Å². The fourth-order valence-corrected chi connectivity index (χ4v) is 2.11. The number of aromatic nitrogens is 2. The molecular formula is C9H7Cl3N2O. The minimum absolute atomic E-state index is 0.0322. The molecule has 1 fully saturated rings. The molecular weight excluding hydrogens is 258 g/mol. The number of hydrogen-bond acceptors (Lipinski definition) is 3. The Morgan fingerprint density at radius 3 is 2.20 bits per heavy atom. The van der Waals surface area contributed by atoms with Gasteiger partial charge in [-0.2, -0.15) is 0 Å². The molecule has 0 N–H and O–H groups in total. The zero-order valence-electron chi connectivity index (χ0n) is 7.64. The van der Waals surface area contributed by atoms with Crippen LogP contribution in [0, 0.1) is 0 Å². The first-order valence-electron chi connectivity index (χ1n) is 4.48. The van der Waals surface area contributed by atoms with Crippen LogP contribution in [0.25, 0.3) is 0 Å². The quantitative estimate of drug-likeness (QED) is 0.732. The van der Waals surface area contributed by atoms with Crippen LogP contribution in [-0.2, 0) is 4.79 Å². The fraction of sp³-hybridized carbons (Fsp3) is 0.444. The Kier molecular flexibility index (Phi) is 3.14. The molecule has 1 aromatic rings. The third kappa shape index (κ3) is 2.25. The number of ketones is 1. The van der Waals surface area contributed by atoms with Gasteiger partial charge in [0.2, 0.25) is 0 Å². The average Bonchev–Trinajstić information content (AvgIpc) is 2.60. The summed E-state index contributed by atoms with van der Waals surface area (Å²) in [6, 6.07) is 0. The zero-order valence-corrected chi connectivity index (χ0v) is 9.90. The number of Topliss-reactive ketones (excluding diaryl/α,β-unsaturated/α-hetero) is 1. The first-order chi connectivity index (χ1) is 7.08. The number of rotatable bonds is 1. The number of hydrogen-bond donors (Lipinski definition) is 0. The van der Waals surface area contributed by atoms with Crippen molar-refractivity contribution in [2.24, 2.45) is 0 Å². The number of carbonyl (C=O) groups is 1. The normalized spacial score (nSPS) is 21.0. The van der Waals surface area contributed by atoms with Gasteiger partial charge in [0.25, 0.3) is 0 Å². The summed E-state index contributed by atoms with van der Waals surface area (Å²) in [4.78, 5) is 19.2. The smallest absolute Gasteiger partial charge is 0.152 e. The summed E-state index contributed by atoms with van der Waals surface area (Å²) in [6.45, 7) is 0. The summed E-state index contributed by atoms with van der Waals surface area (Å²) in [5, 5.41) is 0.448. The van der Waals surface area contributed by atoms with Gasteiger partial charge in [-0.3, -0.25) is 4.79 Å². The molecule has 1 aromatic heterocycles. The SMILES string of the molecule is O=C1CC[C@H](c2nc(Cl)c(Cl)c(Cl)n2)C1. The van der Waals surface area contributed by atoms with Crippen molar-refractivity contribution in [1.29, 1.82) is 0 Å². The van der Waals surface area contributed by atoms with Crippen molar-refractivity contribution in [3.63, 3.8) is 0 Å². The zero-order chi connectivity index (χ0) is 11.0. The van der Waals surface area contributed by atoms with E-state index < -0.39 is 0 Å². The molecule has 1 saturated carbocycles. The molecule has 1 aliphatic carbocycles. The van der Waals surface area contributed by atoms with Crippen LogP contribution < -0.4 is 0 Å². The van der Waals surface area contributed by atoms with Crippen molar-refractivity contribution in [3.05, 3.63) is 21.2 Å². The first-order valence-corrected chi connectivity index (χ1v) is 5.61. The first kappa shape index (κ1) is 11.1. The molecule has 3 nitrogen and oxygen atoms in total. The summed E-state index contributed by atoms with van der Waals surface area (Å²) in [7, 11) is 0. The van der Waals surface area contributed by atoms with Crippen molar-refractivity contribution in [3.8, 4) is 0 Å². The topological polar surface area (TPSA) is 42.9 Å². The van der Waals surface area contributed by atoms with Crippen LogP contribution in [0.4, 0.5) is 0 Å². The van der Waals surface area contributed by atoms with E-state index in [1.165, 1.54) is 0 Å². The standard InChI is InChI=1S/C9H7Cl3N2O/c10-6-7(11)13-9(14-8(6)12)4-1-2-5(15)3-4/h4H,1-3H2/t4-/m0/s1. The summed E-state index contributed by atoms with van der Waals surface area (Å²) in [5.74, 6) is 0.774. The average molecular weight is 266 g/mol. The van der Waals surface area contributed by atoms with Gasteiger partial charge in [0.1, 0.15) is 16.6 Å². The minimum atomic E-state index is 0.0322. The molecule has 0 unspecified atom stereocenters. The lowest BCUT2D eigenvalue weighted by Crippen LogP contribution is -2.02. The molecule has 2 rings (SSSR count). The molecule has 0 amide bonds. The van der Waals surface area contributed by atoms with E-state index in [4.69, 9.17) is 34.8 Å². The molecule has 0 spiro atoms. The highest BCUT2D eigenvalue weighted by molar-refractivity contribution is 6.46. The maximum absolute atomic E-state index is 11.1. The highest BCUT2D eigenvalue weighted by atomic mass is 35.5. The number of carbonyl (C=O) groups excluding carboxylic acids is 1. The van der Waals surface area contributed by atoms with Gasteiger partial charge >= 0.3 is 0 Å². The van der Waals surface area contributed by atoms with Gasteiger partial charge in [0.05, 0.1) is 0 Å². The molecule has 15 heavy (non-hydrogen) atoms. The molecule has 6 heteroatoms. The fourth-order valence-electron chi connectivity index (χ4n) is 1.63. The van der Waals surface area contributed by atoms with E-state index >= 15 is 0 Å². The summed E-state index contributed by atoms with van der Waals surface area (Å²) in [6.07, 6.45) is 1.80. The molecule has 1 aliphatic rings. The van der Waals surface area contributed by atoms with Crippen LogP contribution in [0.15, 0.2) is 0 Å². The van der Waals surface area contributed by atoms with Crippen molar-refractivity contribution >= 4 is 40.6 Å². The third-order valence-corrected chi connectivity index (χ3v) is 3.50. The Morgan fingerprint density at radius 1 is 1.13 bits per heavy atom. The second-order valence-corrected chi connectivity index (χ2v) is 4.55. The molecule has 1 heterocycles.